The van der Waals surface area contributed by atoms with Crippen LogP contribution in [0.15, 0.2) is 18.2 Å². The lowest BCUT2D eigenvalue weighted by molar-refractivity contribution is -0.117. The SMILES string of the molecule is NCCCCC(N)C(=O)Nc1cc(C#Cc2c(F)c(F)nc(F)c2F)cc(C#Cc2c(F)c(F)nc(F)c2F)c1. The minimum atomic E-state index is -1.94. The lowest BCUT2D eigenvalue weighted by Crippen LogP contribution is -2.35. The first-order valence-electron chi connectivity index (χ1n) is 11.3. The number of hydrogen-bond donors (Lipinski definition) is 3. The predicted octanol–water partition coefficient (Wildman–Crippen LogP) is 3.78. The molecular weight excluding hydrogens is 550 g/mol. The number of halogens is 8. The number of carbonyl (C=O) groups is 1. The molecule has 1 unspecified atom stereocenters. The quantitative estimate of drug-likeness (QED) is 0.182. The number of rotatable bonds is 6. The van der Waals surface area contributed by atoms with Crippen LogP contribution in [0.25, 0.3) is 0 Å². The van der Waals surface area contributed by atoms with Gasteiger partial charge in [0, 0.05) is 16.8 Å². The fourth-order valence-corrected chi connectivity index (χ4v) is 3.18. The Hall–Kier alpha value is -4.53. The molecule has 0 bridgehead atoms. The van der Waals surface area contributed by atoms with E-state index in [2.05, 4.69) is 27.1 Å². The second-order valence-electron chi connectivity index (χ2n) is 8.07. The van der Waals surface area contributed by atoms with E-state index in [-0.39, 0.29) is 23.2 Å². The Bertz CT molecular complexity index is 1440. The molecule has 0 fully saturated rings. The summed E-state index contributed by atoms with van der Waals surface area (Å²) in [5.74, 6) is -7.66. The minimum Gasteiger partial charge on any atom is -0.330 e. The van der Waals surface area contributed by atoms with E-state index in [1.54, 1.807) is 0 Å². The van der Waals surface area contributed by atoms with Crippen LogP contribution in [0.4, 0.5) is 40.8 Å². The molecule has 0 aliphatic heterocycles. The highest BCUT2D eigenvalue weighted by Gasteiger charge is 2.20. The van der Waals surface area contributed by atoms with E-state index in [1.165, 1.54) is 12.1 Å². The van der Waals surface area contributed by atoms with Gasteiger partial charge in [-0.3, -0.25) is 4.79 Å². The summed E-state index contributed by atoms with van der Waals surface area (Å²) in [7, 11) is 0. The summed E-state index contributed by atoms with van der Waals surface area (Å²) < 4.78 is 110. The third-order valence-electron chi connectivity index (χ3n) is 5.17. The Morgan fingerprint density at radius 3 is 1.55 bits per heavy atom. The van der Waals surface area contributed by atoms with Gasteiger partial charge in [0.05, 0.1) is 6.04 Å². The fourth-order valence-electron chi connectivity index (χ4n) is 3.18. The summed E-state index contributed by atoms with van der Waals surface area (Å²) in [6.07, 6.45) is 1.42. The Labute approximate surface area is 221 Å². The van der Waals surface area contributed by atoms with Gasteiger partial charge >= 0.3 is 0 Å². The molecule has 1 atom stereocenters. The maximum absolute atomic E-state index is 14.0. The Morgan fingerprint density at radius 1 is 0.725 bits per heavy atom. The number of benzene rings is 1. The highest BCUT2D eigenvalue weighted by Crippen LogP contribution is 2.19. The second-order valence-corrected chi connectivity index (χ2v) is 8.07. The summed E-state index contributed by atoms with van der Waals surface area (Å²) in [4.78, 5) is 17.3. The molecule has 0 saturated carbocycles. The van der Waals surface area contributed by atoms with Gasteiger partial charge in [-0.1, -0.05) is 30.1 Å². The van der Waals surface area contributed by atoms with Crippen molar-refractivity contribution in [3.05, 3.63) is 87.5 Å². The summed E-state index contributed by atoms with van der Waals surface area (Å²) >= 11 is 0. The van der Waals surface area contributed by atoms with Gasteiger partial charge in [0.1, 0.15) is 11.1 Å². The van der Waals surface area contributed by atoms with Crippen molar-refractivity contribution in [2.24, 2.45) is 11.5 Å². The van der Waals surface area contributed by atoms with Gasteiger partial charge in [-0.15, -0.1) is 0 Å². The number of anilines is 1. The molecule has 1 aromatic carbocycles. The first-order valence-corrected chi connectivity index (χ1v) is 11.3. The molecule has 40 heavy (non-hydrogen) atoms. The molecule has 2 aromatic heterocycles. The van der Waals surface area contributed by atoms with Crippen molar-refractivity contribution in [2.75, 3.05) is 11.9 Å². The number of hydrogen-bond acceptors (Lipinski definition) is 5. The number of amides is 1. The van der Waals surface area contributed by atoms with Gasteiger partial charge in [-0.25, -0.2) is 17.6 Å². The van der Waals surface area contributed by atoms with Gasteiger partial charge in [-0.05, 0) is 37.6 Å². The zero-order valence-electron chi connectivity index (χ0n) is 20.1. The second kappa shape index (κ2) is 13.0. The summed E-state index contributed by atoms with van der Waals surface area (Å²) in [5, 5.41) is 2.44. The van der Waals surface area contributed by atoms with Crippen LogP contribution < -0.4 is 16.8 Å². The Morgan fingerprint density at radius 2 is 1.15 bits per heavy atom. The molecule has 3 aromatic rings. The zero-order chi connectivity index (χ0) is 29.6. The monoisotopic (exact) mass is 567 g/mol. The van der Waals surface area contributed by atoms with Crippen molar-refractivity contribution in [1.82, 2.24) is 9.97 Å². The standard InChI is InChI=1S/C26H17F8N5O/c27-18-15(19(28)23(32)38-22(18)31)6-4-12-9-13(5-7-16-20(29)24(33)39-25(34)21(16)30)11-14(10-12)37-26(40)17(36)3-1-2-8-35/h9-11,17H,1-3,8,35-36H2,(H,37,40). The van der Waals surface area contributed by atoms with Crippen molar-refractivity contribution in [1.29, 1.82) is 0 Å². The van der Waals surface area contributed by atoms with Crippen LogP contribution in [0.2, 0.25) is 0 Å². The first-order chi connectivity index (χ1) is 18.9. The summed E-state index contributed by atoms with van der Waals surface area (Å²) in [6, 6.07) is 2.44. The van der Waals surface area contributed by atoms with E-state index in [1.807, 2.05) is 11.8 Å². The molecular formula is C26H17F8N5O. The molecule has 1 amide bonds. The first kappa shape index (κ1) is 30.0. The van der Waals surface area contributed by atoms with Gasteiger partial charge < -0.3 is 16.8 Å². The van der Waals surface area contributed by atoms with Crippen LogP contribution in [0, 0.1) is 70.7 Å². The number of nitrogens with one attached hydrogen (secondary N) is 1. The third-order valence-corrected chi connectivity index (χ3v) is 5.17. The smallest absolute Gasteiger partial charge is 0.253 e. The number of nitrogens with zero attached hydrogens (tertiary/aromatic N) is 2. The molecule has 14 heteroatoms. The van der Waals surface area contributed by atoms with E-state index in [0.717, 1.165) is 6.07 Å². The number of unbranched alkanes of at least 4 members (excludes halogenated alkanes) is 1. The van der Waals surface area contributed by atoms with E-state index < -0.39 is 70.1 Å². The van der Waals surface area contributed by atoms with Crippen LogP contribution in [0.3, 0.4) is 0 Å². The Kier molecular flexibility index (Phi) is 9.77. The van der Waals surface area contributed by atoms with E-state index in [4.69, 9.17) is 11.5 Å². The normalized spacial score (nSPS) is 11.2. The van der Waals surface area contributed by atoms with Crippen molar-refractivity contribution in [3.63, 3.8) is 0 Å². The highest BCUT2D eigenvalue weighted by molar-refractivity contribution is 5.95. The summed E-state index contributed by atoms with van der Waals surface area (Å²) in [6.45, 7) is 0.385. The fraction of sp³-hybridized carbons (Fsp3) is 0.192. The molecule has 5 N–H and O–H groups in total. The predicted molar refractivity (Wildman–Crippen MR) is 126 cm³/mol. The number of pyridine rings is 2. The van der Waals surface area contributed by atoms with E-state index in [0.29, 0.717) is 19.4 Å². The van der Waals surface area contributed by atoms with Crippen molar-refractivity contribution < 1.29 is 39.9 Å². The lowest BCUT2D eigenvalue weighted by Gasteiger charge is -2.12. The third kappa shape index (κ3) is 7.11. The molecule has 0 spiro atoms. The molecule has 2 heterocycles. The number of carbonyl (C=O) groups excluding carboxylic acids is 1. The van der Waals surface area contributed by atoms with Gasteiger partial charge in [0.2, 0.25) is 5.91 Å². The van der Waals surface area contributed by atoms with Crippen LogP contribution in [0.1, 0.15) is 41.5 Å². The molecule has 0 aliphatic carbocycles. The van der Waals surface area contributed by atoms with Crippen molar-refractivity contribution in [3.8, 4) is 23.7 Å². The van der Waals surface area contributed by atoms with Crippen LogP contribution >= 0.6 is 0 Å². The molecule has 0 saturated heterocycles. The van der Waals surface area contributed by atoms with E-state index in [9.17, 15) is 39.9 Å². The molecule has 208 valence electrons. The Balaban J connectivity index is 2.07. The zero-order valence-corrected chi connectivity index (χ0v) is 20.1. The largest absolute Gasteiger partial charge is 0.330 e. The summed E-state index contributed by atoms with van der Waals surface area (Å²) in [5.41, 5.74) is 8.29. The molecule has 0 aliphatic rings. The van der Waals surface area contributed by atoms with Gasteiger partial charge in [-0.2, -0.15) is 27.5 Å². The minimum absolute atomic E-state index is 0.0589. The topological polar surface area (TPSA) is 107 Å². The molecule has 0 radical (unpaired) electrons. The van der Waals surface area contributed by atoms with E-state index >= 15 is 0 Å². The maximum Gasteiger partial charge on any atom is 0.253 e. The highest BCUT2D eigenvalue weighted by atomic mass is 19.2. The number of nitrogens with two attached hydrogens (primary N) is 2. The van der Waals surface area contributed by atoms with Crippen molar-refractivity contribution in [2.45, 2.75) is 25.3 Å². The van der Waals surface area contributed by atoms with Crippen LogP contribution in [0.5, 0.6) is 0 Å². The molecule has 6 nitrogen and oxygen atoms in total. The van der Waals surface area contributed by atoms with Gasteiger partial charge in [0.15, 0.2) is 23.3 Å². The average Bonchev–Trinajstić information content (AvgIpc) is 2.91. The van der Waals surface area contributed by atoms with Crippen molar-refractivity contribution >= 4 is 11.6 Å². The van der Waals surface area contributed by atoms with Crippen LogP contribution in [-0.2, 0) is 4.79 Å². The number of aromatic nitrogens is 2. The van der Waals surface area contributed by atoms with Crippen LogP contribution in [-0.4, -0.2) is 28.5 Å². The van der Waals surface area contributed by atoms with Gasteiger partial charge in [0.25, 0.3) is 23.8 Å². The average molecular weight is 567 g/mol. The molecule has 3 rings (SSSR count). The lowest BCUT2D eigenvalue weighted by atomic mass is 10.1. The maximum atomic E-state index is 14.0.